The number of fused-ring (bicyclic) bond motifs is 4. The van der Waals surface area contributed by atoms with Crippen LogP contribution >= 0.6 is 0 Å². The molecule has 1 amide bonds. The van der Waals surface area contributed by atoms with Gasteiger partial charge < -0.3 is 40.2 Å². The lowest BCUT2D eigenvalue weighted by Crippen LogP contribution is -2.70. The molecule has 14 atom stereocenters. The van der Waals surface area contributed by atoms with Crippen molar-refractivity contribution in [3.63, 3.8) is 0 Å². The molecule has 46 heavy (non-hydrogen) atoms. The molecule has 0 aromatic rings. The van der Waals surface area contributed by atoms with Gasteiger partial charge in [0.25, 0.3) is 0 Å². The number of morpholine rings is 1. The van der Waals surface area contributed by atoms with Gasteiger partial charge in [0.15, 0.2) is 6.29 Å². The fourth-order valence-electron chi connectivity index (χ4n) is 13.5. The molecule has 2 saturated heterocycles. The summed E-state index contributed by atoms with van der Waals surface area (Å²) in [6.07, 6.45) is 7.08. The number of carbonyl (C=O) groups is 1. The molecule has 0 bridgehead atoms. The van der Waals surface area contributed by atoms with E-state index in [0.29, 0.717) is 32.0 Å². The maximum atomic E-state index is 12.8. The van der Waals surface area contributed by atoms with Crippen molar-refractivity contribution in [1.82, 2.24) is 4.90 Å². The normalized spacial score (nSPS) is 53.3. The Kier molecular flexibility index (Phi) is 7.14. The number of carbonyl (C=O) groups excluding carboxylic acids is 1. The van der Waals surface area contributed by atoms with Crippen LogP contribution in [0.3, 0.4) is 0 Å². The Morgan fingerprint density at radius 2 is 1.74 bits per heavy atom. The van der Waals surface area contributed by atoms with Crippen molar-refractivity contribution < 1.29 is 34.3 Å². The lowest BCUT2D eigenvalue weighted by atomic mass is 9.43. The third-order valence-corrected chi connectivity index (χ3v) is 15.9. The molecule has 8 fully saturated rings. The van der Waals surface area contributed by atoms with Crippen LogP contribution in [0.15, 0.2) is 0 Å². The standard InChI is InChI=1S/C37H60N2O7/c1-20-17-22(29(40)33(4,5)43)45-28-27(20)34(6)13-14-36-19-35(36)12-11-25(46-26-18-39(15-16-44-26)31(42)21-7-8-21)32(2,3)23(35)9-10-24(36)37(34,38)30(28)41/h20-30,40-41,43H,7-19,38H2,1-6H3/t20-,22+,23+,24?,25?,26?,27+,28-,29?,30?,34?,35?,36?,37+/m1/s1. The lowest BCUT2D eigenvalue weighted by Gasteiger charge is -2.63. The number of ether oxygens (including phenoxy) is 3. The fourth-order valence-corrected chi connectivity index (χ4v) is 13.5. The predicted octanol–water partition coefficient (Wildman–Crippen LogP) is 3.60. The molecule has 2 aliphatic heterocycles. The Labute approximate surface area is 275 Å². The predicted molar refractivity (Wildman–Crippen MR) is 171 cm³/mol. The van der Waals surface area contributed by atoms with Crippen molar-refractivity contribution in [2.75, 3.05) is 19.7 Å². The highest BCUT2D eigenvalue weighted by Gasteiger charge is 2.85. The first-order chi connectivity index (χ1) is 21.5. The number of aliphatic hydroxyl groups is 3. The van der Waals surface area contributed by atoms with Gasteiger partial charge in [-0.15, -0.1) is 0 Å². The van der Waals surface area contributed by atoms with E-state index in [1.807, 2.05) is 4.90 Å². The van der Waals surface area contributed by atoms with Crippen molar-refractivity contribution in [3.05, 3.63) is 0 Å². The molecule has 2 heterocycles. The van der Waals surface area contributed by atoms with Crippen LogP contribution in [0.4, 0.5) is 0 Å². The molecular formula is C37H60N2O7. The Morgan fingerprint density at radius 1 is 1.04 bits per heavy atom. The van der Waals surface area contributed by atoms with Crippen LogP contribution < -0.4 is 5.73 Å². The van der Waals surface area contributed by atoms with Gasteiger partial charge in [0, 0.05) is 12.5 Å². The zero-order valence-electron chi connectivity index (χ0n) is 29.0. The highest BCUT2D eigenvalue weighted by molar-refractivity contribution is 5.81. The molecule has 2 spiro atoms. The second kappa shape index (κ2) is 10.1. The topological polar surface area (TPSA) is 135 Å². The zero-order valence-corrected chi connectivity index (χ0v) is 29.0. The van der Waals surface area contributed by atoms with Crippen LogP contribution in [0.1, 0.15) is 106 Å². The second-order valence-corrected chi connectivity index (χ2v) is 18.8. The van der Waals surface area contributed by atoms with E-state index in [9.17, 15) is 20.1 Å². The molecule has 9 heteroatoms. The highest BCUT2D eigenvalue weighted by Crippen LogP contribution is 2.87. The van der Waals surface area contributed by atoms with Gasteiger partial charge in [-0.25, -0.2) is 0 Å². The molecule has 6 aliphatic carbocycles. The minimum Gasteiger partial charge on any atom is -0.388 e. The molecule has 0 radical (unpaired) electrons. The Hall–Kier alpha value is -0.810. The van der Waals surface area contributed by atoms with E-state index < -0.39 is 35.6 Å². The first-order valence-electron chi connectivity index (χ1n) is 18.6. The van der Waals surface area contributed by atoms with Gasteiger partial charge in [-0.3, -0.25) is 4.79 Å². The molecule has 8 rings (SSSR count). The van der Waals surface area contributed by atoms with Gasteiger partial charge in [0.1, 0.15) is 6.10 Å². The van der Waals surface area contributed by atoms with Gasteiger partial charge in [-0.1, -0.05) is 27.7 Å². The van der Waals surface area contributed by atoms with E-state index in [-0.39, 0.29) is 63.6 Å². The van der Waals surface area contributed by atoms with Crippen molar-refractivity contribution >= 4 is 5.91 Å². The minimum atomic E-state index is -1.29. The van der Waals surface area contributed by atoms with Crippen molar-refractivity contribution in [2.24, 2.45) is 57.0 Å². The van der Waals surface area contributed by atoms with Crippen molar-refractivity contribution in [1.29, 1.82) is 0 Å². The van der Waals surface area contributed by atoms with Crippen LogP contribution in [-0.2, 0) is 19.0 Å². The van der Waals surface area contributed by atoms with Gasteiger partial charge in [-0.05, 0) is 123 Å². The molecule has 9 nitrogen and oxygen atoms in total. The Morgan fingerprint density at radius 3 is 2.43 bits per heavy atom. The summed E-state index contributed by atoms with van der Waals surface area (Å²) in [7, 11) is 0. The molecule has 260 valence electrons. The molecule has 8 unspecified atom stereocenters. The van der Waals surface area contributed by atoms with E-state index >= 15 is 0 Å². The molecule has 0 aromatic carbocycles. The maximum Gasteiger partial charge on any atom is 0.225 e. The number of nitrogens with zero attached hydrogens (tertiary/aromatic N) is 1. The summed E-state index contributed by atoms with van der Waals surface area (Å²) in [5, 5.41) is 33.9. The van der Waals surface area contributed by atoms with Crippen molar-refractivity contribution in [3.8, 4) is 0 Å². The smallest absolute Gasteiger partial charge is 0.225 e. The third kappa shape index (κ3) is 4.14. The molecule has 8 aliphatic rings. The van der Waals surface area contributed by atoms with E-state index in [1.54, 1.807) is 13.8 Å². The molecule has 0 aromatic heterocycles. The molecular weight excluding hydrogens is 584 g/mol. The number of aliphatic hydroxyl groups excluding tert-OH is 2. The van der Waals surface area contributed by atoms with E-state index in [0.717, 1.165) is 51.4 Å². The first-order valence-corrected chi connectivity index (χ1v) is 18.6. The number of rotatable bonds is 5. The van der Waals surface area contributed by atoms with Gasteiger partial charge in [-0.2, -0.15) is 0 Å². The van der Waals surface area contributed by atoms with Crippen molar-refractivity contribution in [2.45, 2.75) is 154 Å². The number of hydrogen-bond donors (Lipinski definition) is 4. The van der Waals surface area contributed by atoms with Crippen LogP contribution in [0.2, 0.25) is 0 Å². The number of nitrogens with two attached hydrogens (primary N) is 1. The van der Waals surface area contributed by atoms with Crippen LogP contribution in [0, 0.1) is 51.2 Å². The van der Waals surface area contributed by atoms with Gasteiger partial charge in [0.2, 0.25) is 5.91 Å². The summed E-state index contributed by atoms with van der Waals surface area (Å²) >= 11 is 0. The second-order valence-electron chi connectivity index (χ2n) is 18.8. The zero-order chi connectivity index (χ0) is 32.8. The fraction of sp³-hybridized carbons (Fsp3) is 0.973. The van der Waals surface area contributed by atoms with Gasteiger partial charge >= 0.3 is 0 Å². The maximum absolute atomic E-state index is 12.8. The van der Waals surface area contributed by atoms with E-state index in [2.05, 4.69) is 27.7 Å². The minimum absolute atomic E-state index is 0.0399. The van der Waals surface area contributed by atoms with E-state index in [1.165, 1.54) is 6.42 Å². The van der Waals surface area contributed by atoms with Crippen LogP contribution in [0.25, 0.3) is 0 Å². The highest BCUT2D eigenvalue weighted by atomic mass is 16.7. The number of amides is 1. The van der Waals surface area contributed by atoms with E-state index in [4.69, 9.17) is 19.9 Å². The average molecular weight is 645 g/mol. The summed E-state index contributed by atoms with van der Waals surface area (Å²) in [4.78, 5) is 14.8. The summed E-state index contributed by atoms with van der Waals surface area (Å²) < 4.78 is 19.5. The lowest BCUT2D eigenvalue weighted by molar-refractivity contribution is -0.245. The molecule has 5 N–H and O–H groups in total. The Balaban J connectivity index is 1.02. The van der Waals surface area contributed by atoms with Gasteiger partial charge in [0.05, 0.1) is 48.7 Å². The van der Waals surface area contributed by atoms with Crippen LogP contribution in [-0.4, -0.2) is 93.8 Å². The summed E-state index contributed by atoms with van der Waals surface area (Å²) in [6, 6.07) is 0. The first kappa shape index (κ1) is 32.4. The largest absolute Gasteiger partial charge is 0.388 e. The Bertz CT molecular complexity index is 1250. The monoisotopic (exact) mass is 644 g/mol. The quantitative estimate of drug-likeness (QED) is 0.357. The third-order valence-electron chi connectivity index (χ3n) is 15.9. The summed E-state index contributed by atoms with van der Waals surface area (Å²) in [5.74, 6) is 1.55. The SMILES string of the molecule is C[C@@H]1C[C@@H](C(O)C(C)(C)O)O[C@H]2C(O)[C@@]3(N)C4CC[C@H]5C(C)(C)C(OC6CN(C(=O)C7CC7)CCO6)CCC56CC46CCC3(C)[C@@H]12. The number of hydrogen-bond acceptors (Lipinski definition) is 8. The summed E-state index contributed by atoms with van der Waals surface area (Å²) in [5.41, 5.74) is 5.72. The molecule has 6 saturated carbocycles. The average Bonchev–Trinajstić information content (AvgIpc) is 3.92. The summed E-state index contributed by atoms with van der Waals surface area (Å²) in [6.45, 7) is 14.3. The van der Waals surface area contributed by atoms with Crippen LogP contribution in [0.5, 0.6) is 0 Å².